The molecule has 2 aliphatic rings. The van der Waals surface area contributed by atoms with Crippen molar-refractivity contribution >= 4 is 28.8 Å². The Hall–Kier alpha value is -3.12. The molecule has 41 heavy (non-hydrogen) atoms. The van der Waals surface area contributed by atoms with Gasteiger partial charge in [0.25, 0.3) is 0 Å². The van der Waals surface area contributed by atoms with Crippen LogP contribution in [0.1, 0.15) is 38.8 Å². The van der Waals surface area contributed by atoms with E-state index in [4.69, 9.17) is 33.4 Å². The van der Waals surface area contributed by atoms with E-state index in [1.165, 1.54) is 23.6 Å². The minimum atomic E-state index is -0.885. The summed E-state index contributed by atoms with van der Waals surface area (Å²) < 4.78 is 35.1. The molecule has 0 aromatic heterocycles. The molecule has 2 heterocycles. The maximum absolute atomic E-state index is 12.8. The first-order valence-electron chi connectivity index (χ1n) is 13.3. The van der Waals surface area contributed by atoms with E-state index in [0.717, 1.165) is 22.6 Å². The normalized spacial score (nSPS) is 23.8. The Bertz CT molecular complexity index is 1230. The number of Topliss-reactive ketones (excluding diaryl/α,β-unsaturated/α-hetero) is 1. The van der Waals surface area contributed by atoms with Crippen molar-refractivity contribution in [2.75, 3.05) is 21.3 Å². The molecule has 1 saturated heterocycles. The number of thioether (sulfide) groups is 1. The van der Waals surface area contributed by atoms with E-state index in [9.17, 15) is 9.59 Å². The van der Waals surface area contributed by atoms with Crippen LogP contribution in [0.4, 0.5) is 4.79 Å². The van der Waals surface area contributed by atoms with Crippen molar-refractivity contribution in [3.8, 4) is 11.5 Å². The number of hydrogen-bond acceptors (Lipinski definition) is 10. The molecule has 4 rings (SSSR count). The van der Waals surface area contributed by atoms with Crippen LogP contribution >= 0.6 is 11.8 Å². The average Bonchev–Trinajstić information content (AvgIpc) is 3.38. The SMILES string of the molecule is COc1ccc(COC2C(OCc3ccc(OC)cc3)[C@H]3N=C(N(C)C(=O)OC(C)(C)C)S[C@H]3O[C@@H]2C(C)=O)cc1. The second kappa shape index (κ2) is 13.2. The van der Waals surface area contributed by atoms with Crippen molar-refractivity contribution in [2.24, 2.45) is 4.99 Å². The molecule has 10 nitrogen and oxygen atoms in total. The molecule has 222 valence electrons. The largest absolute Gasteiger partial charge is 0.497 e. The van der Waals surface area contributed by atoms with Crippen LogP contribution in [0.15, 0.2) is 53.5 Å². The first-order chi connectivity index (χ1) is 19.5. The molecule has 2 unspecified atom stereocenters. The minimum absolute atomic E-state index is 0.184. The summed E-state index contributed by atoms with van der Waals surface area (Å²) in [6, 6.07) is 14.5. The summed E-state index contributed by atoms with van der Waals surface area (Å²) in [5.74, 6) is 1.29. The second-order valence-corrected chi connectivity index (χ2v) is 11.9. The van der Waals surface area contributed by atoms with E-state index in [0.29, 0.717) is 5.17 Å². The highest BCUT2D eigenvalue weighted by Crippen LogP contribution is 2.40. The molecule has 2 aromatic rings. The van der Waals surface area contributed by atoms with Gasteiger partial charge >= 0.3 is 6.09 Å². The summed E-state index contributed by atoms with van der Waals surface area (Å²) in [7, 11) is 4.82. The number of carbonyl (C=O) groups excluding carboxylic acids is 2. The molecular weight excluding hydrogens is 548 g/mol. The fourth-order valence-electron chi connectivity index (χ4n) is 4.42. The number of amides is 1. The van der Waals surface area contributed by atoms with Crippen molar-refractivity contribution in [2.45, 2.75) is 76.3 Å². The Labute approximate surface area is 245 Å². The van der Waals surface area contributed by atoms with Gasteiger partial charge in [-0.3, -0.25) is 14.7 Å². The molecule has 2 aromatic carbocycles. The lowest BCUT2D eigenvalue weighted by Crippen LogP contribution is -2.58. The summed E-state index contributed by atoms with van der Waals surface area (Å²) in [4.78, 5) is 31.8. The highest BCUT2D eigenvalue weighted by Gasteiger charge is 2.53. The second-order valence-electron chi connectivity index (χ2n) is 10.8. The topological polar surface area (TPSA) is 105 Å². The van der Waals surface area contributed by atoms with Crippen LogP contribution in [0.2, 0.25) is 0 Å². The number of ketones is 1. The van der Waals surface area contributed by atoms with Crippen molar-refractivity contribution in [3.05, 3.63) is 59.7 Å². The quantitative estimate of drug-likeness (QED) is 0.409. The van der Waals surface area contributed by atoms with Gasteiger partial charge in [-0.05, 0) is 63.1 Å². The first kappa shape index (κ1) is 30.8. The zero-order chi connectivity index (χ0) is 29.7. The number of hydrogen-bond donors (Lipinski definition) is 0. The van der Waals surface area contributed by atoms with E-state index < -0.39 is 41.5 Å². The van der Waals surface area contributed by atoms with Gasteiger partial charge in [-0.2, -0.15) is 0 Å². The zero-order valence-electron chi connectivity index (χ0n) is 24.5. The van der Waals surface area contributed by atoms with E-state index in [-0.39, 0.29) is 19.0 Å². The molecular formula is C30H38N2O8S. The van der Waals surface area contributed by atoms with Crippen LogP contribution in [-0.4, -0.2) is 78.6 Å². The summed E-state index contributed by atoms with van der Waals surface area (Å²) >= 11 is 1.26. The van der Waals surface area contributed by atoms with Gasteiger partial charge < -0.3 is 28.4 Å². The average molecular weight is 587 g/mol. The molecule has 5 atom stereocenters. The lowest BCUT2D eigenvalue weighted by Gasteiger charge is -2.41. The minimum Gasteiger partial charge on any atom is -0.497 e. The predicted molar refractivity (Wildman–Crippen MR) is 155 cm³/mol. The Morgan fingerprint density at radius 3 is 1.88 bits per heavy atom. The lowest BCUT2D eigenvalue weighted by atomic mass is 9.95. The van der Waals surface area contributed by atoms with E-state index in [2.05, 4.69) is 0 Å². The van der Waals surface area contributed by atoms with Crippen molar-refractivity contribution in [1.82, 2.24) is 4.90 Å². The number of nitrogens with zero attached hydrogens (tertiary/aromatic N) is 2. The number of benzene rings is 2. The molecule has 1 fully saturated rings. The van der Waals surface area contributed by atoms with Gasteiger partial charge in [-0.15, -0.1) is 0 Å². The predicted octanol–water partition coefficient (Wildman–Crippen LogP) is 4.83. The van der Waals surface area contributed by atoms with Crippen LogP contribution in [0, 0.1) is 0 Å². The Kier molecular flexibility index (Phi) is 9.96. The molecule has 0 radical (unpaired) electrons. The number of rotatable bonds is 9. The maximum Gasteiger partial charge on any atom is 0.416 e. The number of methoxy groups -OCH3 is 2. The van der Waals surface area contributed by atoms with Gasteiger partial charge in [0.2, 0.25) is 0 Å². The van der Waals surface area contributed by atoms with Crippen LogP contribution in [0.5, 0.6) is 11.5 Å². The van der Waals surface area contributed by atoms with Crippen LogP contribution in [-0.2, 0) is 37.0 Å². The van der Waals surface area contributed by atoms with Crippen molar-refractivity contribution in [1.29, 1.82) is 0 Å². The lowest BCUT2D eigenvalue weighted by molar-refractivity contribution is -0.198. The highest BCUT2D eigenvalue weighted by atomic mass is 32.2. The smallest absolute Gasteiger partial charge is 0.416 e. The number of ether oxygens (including phenoxy) is 6. The molecule has 1 amide bonds. The molecule has 0 aliphatic carbocycles. The van der Waals surface area contributed by atoms with Crippen molar-refractivity contribution in [3.63, 3.8) is 0 Å². The number of fused-ring (bicyclic) bond motifs is 1. The maximum atomic E-state index is 12.8. The van der Waals surface area contributed by atoms with Crippen LogP contribution in [0.3, 0.4) is 0 Å². The van der Waals surface area contributed by atoms with E-state index >= 15 is 0 Å². The monoisotopic (exact) mass is 586 g/mol. The first-order valence-corrected chi connectivity index (χ1v) is 14.2. The van der Waals surface area contributed by atoms with Gasteiger partial charge in [0, 0.05) is 7.05 Å². The number of carbonyl (C=O) groups is 2. The van der Waals surface area contributed by atoms with E-state index in [1.54, 1.807) is 42.0 Å². The van der Waals surface area contributed by atoms with Gasteiger partial charge in [0.05, 0.1) is 27.4 Å². The molecule has 0 bridgehead atoms. The molecule has 0 N–H and O–H groups in total. The van der Waals surface area contributed by atoms with E-state index in [1.807, 2.05) is 48.5 Å². The molecule has 0 spiro atoms. The summed E-state index contributed by atoms with van der Waals surface area (Å²) in [6.07, 6.45) is -2.80. The van der Waals surface area contributed by atoms with Gasteiger partial charge in [-0.25, -0.2) is 4.79 Å². The third-order valence-corrected chi connectivity index (χ3v) is 7.77. The Morgan fingerprint density at radius 2 is 1.41 bits per heavy atom. The van der Waals surface area contributed by atoms with Crippen LogP contribution in [0.25, 0.3) is 0 Å². The third kappa shape index (κ3) is 7.79. The summed E-state index contributed by atoms with van der Waals surface area (Å²) in [6.45, 7) is 7.36. The van der Waals surface area contributed by atoms with Crippen molar-refractivity contribution < 1.29 is 38.0 Å². The molecule has 2 aliphatic heterocycles. The Morgan fingerprint density at radius 1 is 0.902 bits per heavy atom. The molecule has 11 heteroatoms. The fourth-order valence-corrected chi connectivity index (χ4v) is 5.58. The fraction of sp³-hybridized carbons (Fsp3) is 0.500. The van der Waals surface area contributed by atoms with Crippen LogP contribution < -0.4 is 9.47 Å². The van der Waals surface area contributed by atoms with Gasteiger partial charge in [-0.1, -0.05) is 36.0 Å². The number of aliphatic imine (C=N–C) groups is 1. The zero-order valence-corrected chi connectivity index (χ0v) is 25.3. The molecule has 0 saturated carbocycles. The standard InChI is InChI=1S/C30H38N2O8S/c1-18(33)24-26(38-17-20-10-14-22(36-7)15-11-20)25(37-16-19-8-12-21(35-6)13-9-19)23-27(39-24)41-28(31-23)32(5)29(34)40-30(2,3)4/h8-15,23-27H,16-17H2,1-7H3/t23-,24-,25?,26?,27-/m1/s1. The highest BCUT2D eigenvalue weighted by molar-refractivity contribution is 8.14. The summed E-state index contributed by atoms with van der Waals surface area (Å²) in [5.41, 5.74) is 0.606. The third-order valence-electron chi connectivity index (χ3n) is 6.56. The summed E-state index contributed by atoms with van der Waals surface area (Å²) in [5, 5.41) is 0.422. The number of amidine groups is 1. The van der Waals surface area contributed by atoms with Gasteiger partial charge in [0.1, 0.15) is 46.9 Å². The van der Waals surface area contributed by atoms with Gasteiger partial charge in [0.15, 0.2) is 11.0 Å². The Balaban J connectivity index is 1.60.